The quantitative estimate of drug-likeness (QED) is 0.182. The van der Waals surface area contributed by atoms with Crippen molar-refractivity contribution >= 4 is 69.8 Å². The maximum Gasteiger partial charge on any atom is 0.270 e. The van der Waals surface area contributed by atoms with Gasteiger partial charge in [0.2, 0.25) is 0 Å². The summed E-state index contributed by atoms with van der Waals surface area (Å²) in [6.45, 7) is 0. The largest absolute Gasteiger partial charge is 0.457 e. The lowest BCUT2D eigenvalue weighted by molar-refractivity contribution is -0.384. The first-order valence-electron chi connectivity index (χ1n) is 8.96. The lowest BCUT2D eigenvalue weighted by atomic mass is 10.1. The Hall–Kier alpha value is -3.53. The SMILES string of the molecule is O=C1NC(=S)N(c2ccc(Cl)cc2)C(=O)C1=Cc1ccc(-c2ccc([N+](=O)[O-])cc2Cl)o1. The van der Waals surface area contributed by atoms with Crippen molar-refractivity contribution in [3.63, 3.8) is 0 Å². The first-order valence-corrected chi connectivity index (χ1v) is 10.1. The van der Waals surface area contributed by atoms with Gasteiger partial charge in [0.1, 0.15) is 17.1 Å². The maximum atomic E-state index is 13.0. The monoisotopic (exact) mass is 487 g/mol. The molecule has 0 bridgehead atoms. The van der Waals surface area contributed by atoms with Crippen LogP contribution >= 0.6 is 35.4 Å². The van der Waals surface area contributed by atoms with Crippen molar-refractivity contribution in [1.82, 2.24) is 5.32 Å². The first-order chi connectivity index (χ1) is 15.2. The molecule has 11 heteroatoms. The van der Waals surface area contributed by atoms with Gasteiger partial charge in [-0.25, -0.2) is 0 Å². The molecule has 1 aliphatic heterocycles. The number of carbonyl (C=O) groups is 2. The molecule has 0 saturated carbocycles. The van der Waals surface area contributed by atoms with Gasteiger partial charge >= 0.3 is 0 Å². The summed E-state index contributed by atoms with van der Waals surface area (Å²) >= 11 is 17.2. The normalized spacial score (nSPS) is 15.2. The molecule has 0 spiro atoms. The summed E-state index contributed by atoms with van der Waals surface area (Å²) in [5.41, 5.74) is 0.512. The van der Waals surface area contributed by atoms with Crippen LogP contribution < -0.4 is 10.2 Å². The van der Waals surface area contributed by atoms with E-state index in [1.807, 2.05) is 0 Å². The number of non-ortho nitro benzene ring substituents is 1. The number of furan rings is 1. The summed E-state index contributed by atoms with van der Waals surface area (Å²) in [5.74, 6) is -0.786. The molecule has 4 rings (SSSR count). The summed E-state index contributed by atoms with van der Waals surface area (Å²) in [4.78, 5) is 36.9. The van der Waals surface area contributed by atoms with Crippen LogP contribution in [0.2, 0.25) is 10.0 Å². The fourth-order valence-corrected chi connectivity index (χ4v) is 3.69. The Balaban J connectivity index is 1.66. The highest BCUT2D eigenvalue weighted by Gasteiger charge is 2.34. The minimum absolute atomic E-state index is 0.0581. The predicted molar refractivity (Wildman–Crippen MR) is 123 cm³/mol. The Bertz CT molecular complexity index is 1320. The van der Waals surface area contributed by atoms with Gasteiger partial charge < -0.3 is 4.42 Å². The molecule has 8 nitrogen and oxygen atoms in total. The Kier molecular flexibility index (Phi) is 5.79. The number of thiocarbonyl (C=S) groups is 1. The van der Waals surface area contributed by atoms with E-state index < -0.39 is 16.7 Å². The number of hydrogen-bond acceptors (Lipinski definition) is 6. The van der Waals surface area contributed by atoms with Gasteiger partial charge in [-0.3, -0.25) is 29.9 Å². The number of nitro groups is 1. The van der Waals surface area contributed by atoms with E-state index in [0.29, 0.717) is 22.0 Å². The Morgan fingerprint density at radius 1 is 1.06 bits per heavy atom. The Labute approximate surface area is 196 Å². The third-order valence-corrected chi connectivity index (χ3v) is 5.38. The van der Waals surface area contributed by atoms with Crippen LogP contribution in [-0.4, -0.2) is 21.9 Å². The molecule has 2 heterocycles. The molecule has 160 valence electrons. The van der Waals surface area contributed by atoms with E-state index in [-0.39, 0.29) is 27.2 Å². The van der Waals surface area contributed by atoms with Crippen LogP contribution in [0.15, 0.2) is 64.6 Å². The maximum absolute atomic E-state index is 13.0. The number of nitrogens with zero attached hydrogens (tertiary/aromatic N) is 2. The molecular formula is C21H11Cl2N3O5S. The van der Waals surface area contributed by atoms with Crippen molar-refractivity contribution in [2.45, 2.75) is 0 Å². The molecule has 2 aromatic carbocycles. The number of nitro benzene ring substituents is 1. The van der Waals surface area contributed by atoms with Crippen LogP contribution in [-0.2, 0) is 9.59 Å². The first kappa shape index (κ1) is 21.7. The number of rotatable bonds is 4. The van der Waals surface area contributed by atoms with Crippen molar-refractivity contribution < 1.29 is 18.9 Å². The molecule has 0 radical (unpaired) electrons. The molecule has 1 aliphatic rings. The van der Waals surface area contributed by atoms with Crippen LogP contribution in [0.3, 0.4) is 0 Å². The fourth-order valence-electron chi connectivity index (χ4n) is 3.02. The van der Waals surface area contributed by atoms with Gasteiger partial charge in [0.05, 0.1) is 15.6 Å². The van der Waals surface area contributed by atoms with Gasteiger partial charge in [-0.05, 0) is 60.8 Å². The number of anilines is 1. The zero-order valence-electron chi connectivity index (χ0n) is 15.9. The third-order valence-electron chi connectivity index (χ3n) is 4.53. The molecule has 1 N–H and O–H groups in total. The number of halogens is 2. The topological polar surface area (TPSA) is 106 Å². The summed E-state index contributed by atoms with van der Waals surface area (Å²) in [7, 11) is 0. The van der Waals surface area contributed by atoms with E-state index in [2.05, 4.69) is 5.32 Å². The third kappa shape index (κ3) is 4.13. The molecule has 0 aliphatic carbocycles. The molecule has 2 amide bonds. The molecule has 1 fully saturated rings. The standard InChI is InChI=1S/C21H11Cl2N3O5S/c22-11-1-3-12(4-2-11)25-20(28)16(19(27)24-21(25)32)10-14-6-8-18(31-14)15-7-5-13(26(29)30)9-17(15)23/h1-10H,(H,24,27,32). The zero-order valence-corrected chi connectivity index (χ0v) is 18.2. The van der Waals surface area contributed by atoms with Crippen LogP contribution in [0.1, 0.15) is 5.76 Å². The summed E-state index contributed by atoms with van der Waals surface area (Å²) < 4.78 is 5.70. The molecule has 32 heavy (non-hydrogen) atoms. The van der Waals surface area contributed by atoms with Gasteiger partial charge in [0, 0.05) is 22.7 Å². The number of nitrogens with one attached hydrogen (secondary N) is 1. The highest BCUT2D eigenvalue weighted by molar-refractivity contribution is 7.80. The van der Waals surface area contributed by atoms with Gasteiger partial charge in [0.15, 0.2) is 5.11 Å². The van der Waals surface area contributed by atoms with Gasteiger partial charge in [0.25, 0.3) is 17.5 Å². The van der Waals surface area contributed by atoms with Gasteiger partial charge in [-0.15, -0.1) is 0 Å². The van der Waals surface area contributed by atoms with E-state index in [0.717, 1.165) is 0 Å². The summed E-state index contributed by atoms with van der Waals surface area (Å²) in [6.07, 6.45) is 1.28. The fraction of sp³-hybridized carbons (Fsp3) is 0. The van der Waals surface area contributed by atoms with E-state index in [9.17, 15) is 19.7 Å². The van der Waals surface area contributed by atoms with E-state index >= 15 is 0 Å². The molecule has 0 unspecified atom stereocenters. The number of carbonyl (C=O) groups excluding carboxylic acids is 2. The lowest BCUT2D eigenvalue weighted by Gasteiger charge is -2.28. The smallest absolute Gasteiger partial charge is 0.270 e. The van der Waals surface area contributed by atoms with Crippen molar-refractivity contribution in [2.75, 3.05) is 4.90 Å². The van der Waals surface area contributed by atoms with Gasteiger partial charge in [-0.1, -0.05) is 23.2 Å². The zero-order chi connectivity index (χ0) is 23.0. The highest BCUT2D eigenvalue weighted by Crippen LogP contribution is 2.33. The average molecular weight is 488 g/mol. The predicted octanol–water partition coefficient (Wildman–Crippen LogP) is 4.99. The minimum atomic E-state index is -0.670. The molecule has 0 atom stereocenters. The number of amides is 2. The van der Waals surface area contributed by atoms with Crippen molar-refractivity contribution in [2.24, 2.45) is 0 Å². The van der Waals surface area contributed by atoms with E-state index in [4.69, 9.17) is 39.8 Å². The minimum Gasteiger partial charge on any atom is -0.457 e. The Morgan fingerprint density at radius 3 is 2.44 bits per heavy atom. The van der Waals surface area contributed by atoms with Crippen molar-refractivity contribution in [1.29, 1.82) is 0 Å². The molecule has 3 aromatic rings. The van der Waals surface area contributed by atoms with Crippen LogP contribution in [0.25, 0.3) is 17.4 Å². The van der Waals surface area contributed by atoms with Crippen LogP contribution in [0.4, 0.5) is 11.4 Å². The van der Waals surface area contributed by atoms with E-state index in [1.54, 1.807) is 36.4 Å². The summed E-state index contributed by atoms with van der Waals surface area (Å²) in [5, 5.41) is 13.9. The lowest BCUT2D eigenvalue weighted by Crippen LogP contribution is -2.54. The highest BCUT2D eigenvalue weighted by atomic mass is 35.5. The van der Waals surface area contributed by atoms with Crippen molar-refractivity contribution in [3.05, 3.63) is 86.1 Å². The van der Waals surface area contributed by atoms with E-state index in [1.165, 1.54) is 29.2 Å². The second-order valence-electron chi connectivity index (χ2n) is 6.56. The van der Waals surface area contributed by atoms with Gasteiger partial charge in [-0.2, -0.15) is 0 Å². The molecule has 1 aromatic heterocycles. The average Bonchev–Trinajstić information content (AvgIpc) is 3.20. The molecular weight excluding hydrogens is 477 g/mol. The second-order valence-corrected chi connectivity index (χ2v) is 7.79. The number of benzene rings is 2. The number of hydrogen-bond donors (Lipinski definition) is 1. The van der Waals surface area contributed by atoms with Crippen LogP contribution in [0.5, 0.6) is 0 Å². The Morgan fingerprint density at radius 2 is 1.78 bits per heavy atom. The second kappa shape index (κ2) is 8.54. The molecule has 1 saturated heterocycles. The van der Waals surface area contributed by atoms with Crippen molar-refractivity contribution in [3.8, 4) is 11.3 Å². The summed E-state index contributed by atoms with van der Waals surface area (Å²) in [6, 6.07) is 13.5. The van der Waals surface area contributed by atoms with Crippen LogP contribution in [0, 0.1) is 10.1 Å².